The van der Waals surface area contributed by atoms with Crippen LogP contribution in [-0.4, -0.2) is 10.7 Å². The van der Waals surface area contributed by atoms with E-state index in [0.717, 1.165) is 30.7 Å². The third kappa shape index (κ3) is 3.09. The van der Waals surface area contributed by atoms with E-state index < -0.39 is 5.60 Å². The van der Waals surface area contributed by atoms with Crippen LogP contribution in [-0.2, 0) is 6.42 Å². The van der Waals surface area contributed by atoms with Crippen molar-refractivity contribution in [2.75, 3.05) is 0 Å². The summed E-state index contributed by atoms with van der Waals surface area (Å²) in [4.78, 5) is 0. The molecule has 0 heterocycles. The fourth-order valence-electron chi connectivity index (χ4n) is 3.55. The molecule has 1 aromatic rings. The maximum Gasteiger partial charge on any atom is 0.0691 e. The van der Waals surface area contributed by atoms with Crippen LogP contribution >= 0.6 is 23.2 Å². The van der Waals surface area contributed by atoms with Crippen molar-refractivity contribution in [2.24, 2.45) is 11.8 Å². The van der Waals surface area contributed by atoms with Gasteiger partial charge in [0.15, 0.2) is 0 Å². The highest BCUT2D eigenvalue weighted by Crippen LogP contribution is 2.47. The van der Waals surface area contributed by atoms with Crippen LogP contribution in [0.1, 0.15) is 44.1 Å². The van der Waals surface area contributed by atoms with Gasteiger partial charge in [0.25, 0.3) is 0 Å². The fraction of sp³-hybridized carbons (Fsp3) is 0.625. The van der Waals surface area contributed by atoms with Gasteiger partial charge in [0, 0.05) is 16.5 Å². The van der Waals surface area contributed by atoms with Crippen molar-refractivity contribution in [3.8, 4) is 0 Å². The van der Waals surface area contributed by atoms with Crippen LogP contribution in [0.15, 0.2) is 18.2 Å². The molecule has 0 aliphatic heterocycles. The average molecular weight is 299 g/mol. The summed E-state index contributed by atoms with van der Waals surface area (Å²) in [6.07, 6.45) is 7.50. The number of halogens is 2. The maximum absolute atomic E-state index is 10.9. The minimum Gasteiger partial charge on any atom is -0.390 e. The Morgan fingerprint density at radius 2 is 1.79 bits per heavy atom. The van der Waals surface area contributed by atoms with Gasteiger partial charge in [0.1, 0.15) is 0 Å². The Labute approximate surface area is 124 Å². The topological polar surface area (TPSA) is 20.2 Å². The Balaban J connectivity index is 1.77. The number of benzene rings is 1. The lowest BCUT2D eigenvalue weighted by Gasteiger charge is -2.37. The zero-order chi connectivity index (χ0) is 13.5. The van der Waals surface area contributed by atoms with E-state index in [1.807, 2.05) is 18.2 Å². The van der Waals surface area contributed by atoms with Gasteiger partial charge in [-0.25, -0.2) is 0 Å². The lowest BCUT2D eigenvalue weighted by atomic mass is 9.73. The van der Waals surface area contributed by atoms with Gasteiger partial charge in [-0.15, -0.1) is 0 Å². The maximum atomic E-state index is 10.9. The van der Waals surface area contributed by atoms with E-state index in [1.165, 1.54) is 19.3 Å². The number of rotatable bonds is 3. The summed E-state index contributed by atoms with van der Waals surface area (Å²) in [6, 6.07) is 5.56. The molecular formula is C16H20Cl2O. The van der Waals surface area contributed by atoms with E-state index in [9.17, 15) is 5.11 Å². The van der Waals surface area contributed by atoms with Gasteiger partial charge in [0.05, 0.1) is 5.60 Å². The van der Waals surface area contributed by atoms with E-state index in [-0.39, 0.29) is 0 Å². The molecule has 0 spiro atoms. The molecule has 0 amide bonds. The summed E-state index contributed by atoms with van der Waals surface area (Å²) in [6.45, 7) is 0. The Kier molecular flexibility index (Phi) is 3.81. The van der Waals surface area contributed by atoms with Gasteiger partial charge >= 0.3 is 0 Å². The summed E-state index contributed by atoms with van der Waals surface area (Å²) in [5, 5.41) is 12.3. The molecule has 1 nitrogen and oxygen atoms in total. The van der Waals surface area contributed by atoms with Crippen LogP contribution in [0.3, 0.4) is 0 Å². The van der Waals surface area contributed by atoms with Gasteiger partial charge in [-0.05, 0) is 61.6 Å². The molecule has 104 valence electrons. The first-order valence-electron chi connectivity index (χ1n) is 7.23. The van der Waals surface area contributed by atoms with Crippen LogP contribution in [0, 0.1) is 11.8 Å². The van der Waals surface area contributed by atoms with Crippen LogP contribution in [0.4, 0.5) is 0 Å². The molecule has 2 atom stereocenters. The summed E-state index contributed by atoms with van der Waals surface area (Å²) in [5.74, 6) is 1.58. The molecule has 2 saturated carbocycles. The minimum atomic E-state index is -0.611. The second kappa shape index (κ2) is 5.27. The van der Waals surface area contributed by atoms with Crippen molar-refractivity contribution in [1.29, 1.82) is 0 Å². The molecule has 1 aromatic carbocycles. The molecule has 0 saturated heterocycles. The summed E-state index contributed by atoms with van der Waals surface area (Å²) in [7, 11) is 0. The van der Waals surface area contributed by atoms with Crippen LogP contribution < -0.4 is 0 Å². The van der Waals surface area contributed by atoms with Gasteiger partial charge in [-0.3, -0.25) is 0 Å². The number of hydrogen-bond acceptors (Lipinski definition) is 1. The molecule has 1 N–H and O–H groups in total. The van der Waals surface area contributed by atoms with Crippen molar-refractivity contribution >= 4 is 23.2 Å². The zero-order valence-electron chi connectivity index (χ0n) is 11.0. The van der Waals surface area contributed by atoms with Crippen molar-refractivity contribution < 1.29 is 5.11 Å². The highest BCUT2D eigenvalue weighted by molar-refractivity contribution is 6.36. The van der Waals surface area contributed by atoms with Gasteiger partial charge in [-0.2, -0.15) is 0 Å². The monoisotopic (exact) mass is 298 g/mol. The summed E-state index contributed by atoms with van der Waals surface area (Å²) in [5.41, 5.74) is 0.296. The Morgan fingerprint density at radius 3 is 2.42 bits per heavy atom. The smallest absolute Gasteiger partial charge is 0.0691 e. The van der Waals surface area contributed by atoms with Crippen LogP contribution in [0.5, 0.6) is 0 Å². The van der Waals surface area contributed by atoms with Gasteiger partial charge < -0.3 is 5.11 Å². The first-order valence-corrected chi connectivity index (χ1v) is 7.98. The second-order valence-corrected chi connectivity index (χ2v) is 7.11. The van der Waals surface area contributed by atoms with E-state index >= 15 is 0 Å². The third-order valence-electron chi connectivity index (χ3n) is 4.72. The van der Waals surface area contributed by atoms with Crippen LogP contribution in [0.25, 0.3) is 0 Å². The molecule has 2 unspecified atom stereocenters. The third-order valence-corrected chi connectivity index (χ3v) is 5.42. The molecule has 2 aliphatic rings. The molecule has 0 bridgehead atoms. The first kappa shape index (κ1) is 13.7. The largest absolute Gasteiger partial charge is 0.390 e. The molecule has 0 radical (unpaired) electrons. The zero-order valence-corrected chi connectivity index (χ0v) is 12.6. The molecule has 2 aliphatic carbocycles. The van der Waals surface area contributed by atoms with Gasteiger partial charge in [-0.1, -0.05) is 35.7 Å². The lowest BCUT2D eigenvalue weighted by Crippen LogP contribution is -2.38. The highest BCUT2D eigenvalue weighted by atomic mass is 35.5. The lowest BCUT2D eigenvalue weighted by molar-refractivity contribution is -0.0195. The SMILES string of the molecule is OC1(Cc2c(Cl)cccc2Cl)CCCC(C2CC2)C1. The van der Waals surface area contributed by atoms with Gasteiger partial charge in [0.2, 0.25) is 0 Å². The molecule has 19 heavy (non-hydrogen) atoms. The summed E-state index contributed by atoms with van der Waals surface area (Å²) < 4.78 is 0. The normalized spacial score (nSPS) is 31.4. The number of aliphatic hydroxyl groups is 1. The molecule has 3 rings (SSSR count). The van der Waals surface area contributed by atoms with E-state index in [2.05, 4.69) is 0 Å². The fourth-order valence-corrected chi connectivity index (χ4v) is 4.08. The van der Waals surface area contributed by atoms with Crippen molar-refractivity contribution in [3.63, 3.8) is 0 Å². The Bertz CT molecular complexity index is 450. The highest BCUT2D eigenvalue weighted by Gasteiger charge is 2.41. The first-order chi connectivity index (χ1) is 9.07. The summed E-state index contributed by atoms with van der Waals surface area (Å²) >= 11 is 12.5. The average Bonchev–Trinajstić information content (AvgIpc) is 3.18. The van der Waals surface area contributed by atoms with Crippen LogP contribution in [0.2, 0.25) is 10.0 Å². The van der Waals surface area contributed by atoms with Crippen molar-refractivity contribution in [2.45, 2.75) is 50.5 Å². The molecule has 2 fully saturated rings. The molecular weight excluding hydrogens is 279 g/mol. The molecule has 0 aromatic heterocycles. The quantitative estimate of drug-likeness (QED) is 0.844. The predicted octanol–water partition coefficient (Wildman–Crippen LogP) is 4.87. The number of hydrogen-bond donors (Lipinski definition) is 1. The standard InChI is InChI=1S/C16H20Cl2O/c17-14-4-1-5-15(18)13(14)10-16(19)8-2-3-12(9-16)11-6-7-11/h1,4-5,11-12,19H,2-3,6-10H2. The second-order valence-electron chi connectivity index (χ2n) is 6.30. The minimum absolute atomic E-state index is 0.592. The van der Waals surface area contributed by atoms with E-state index in [4.69, 9.17) is 23.2 Å². The van der Waals surface area contributed by atoms with E-state index in [0.29, 0.717) is 22.4 Å². The van der Waals surface area contributed by atoms with Crippen molar-refractivity contribution in [3.05, 3.63) is 33.8 Å². The van der Waals surface area contributed by atoms with Crippen molar-refractivity contribution in [1.82, 2.24) is 0 Å². The van der Waals surface area contributed by atoms with E-state index in [1.54, 1.807) is 0 Å². The predicted molar refractivity (Wildman–Crippen MR) is 79.8 cm³/mol. The Morgan fingerprint density at radius 1 is 1.11 bits per heavy atom. The Hall–Kier alpha value is -0.240. The molecule has 3 heteroatoms.